The maximum absolute atomic E-state index is 10.8. The maximum Gasteiger partial charge on any atom is 0.269 e. The second-order valence-electron chi connectivity index (χ2n) is 5.23. The summed E-state index contributed by atoms with van der Waals surface area (Å²) in [6, 6.07) is 4.46. The molecule has 1 aromatic carbocycles. The minimum absolute atomic E-state index is 0.0348. The lowest BCUT2D eigenvalue weighted by Crippen LogP contribution is -2.38. The lowest BCUT2D eigenvalue weighted by molar-refractivity contribution is -0.384. The fourth-order valence-corrected chi connectivity index (χ4v) is 2.76. The average Bonchev–Trinajstić information content (AvgIpc) is 2.62. The quantitative estimate of drug-likeness (QED) is 0.509. The van der Waals surface area contributed by atoms with Crippen molar-refractivity contribution in [3.05, 3.63) is 38.9 Å². The van der Waals surface area contributed by atoms with Crippen molar-refractivity contribution in [1.29, 1.82) is 0 Å². The molecule has 0 spiro atoms. The van der Waals surface area contributed by atoms with E-state index < -0.39 is 4.92 Å². The van der Waals surface area contributed by atoms with E-state index in [1.807, 2.05) is 0 Å². The summed E-state index contributed by atoms with van der Waals surface area (Å²) in [4.78, 5) is 10.3. The molecule has 0 amide bonds. The molecule has 1 aromatic rings. The lowest BCUT2D eigenvalue weighted by atomic mass is 10.1. The number of nitro benzene ring substituents is 1. The molecule has 2 atom stereocenters. The molecular weight excluding hydrogens is 280 g/mol. The number of non-ortho nitro benzene ring substituents is 1. The molecule has 2 N–H and O–H groups in total. The molecule has 5 nitrogen and oxygen atoms in total. The van der Waals surface area contributed by atoms with Gasteiger partial charge < -0.3 is 10.4 Å². The van der Waals surface area contributed by atoms with Gasteiger partial charge in [0.1, 0.15) is 0 Å². The van der Waals surface area contributed by atoms with Crippen molar-refractivity contribution in [1.82, 2.24) is 5.32 Å². The number of nitrogens with one attached hydrogen (secondary N) is 1. The third kappa shape index (κ3) is 3.91. The molecule has 110 valence electrons. The summed E-state index contributed by atoms with van der Waals surface area (Å²) in [5.74, 6) is 0. The third-order valence-electron chi connectivity index (χ3n) is 3.77. The smallest absolute Gasteiger partial charge is 0.269 e. The van der Waals surface area contributed by atoms with E-state index >= 15 is 0 Å². The molecule has 0 heterocycles. The van der Waals surface area contributed by atoms with Crippen LogP contribution in [0.1, 0.15) is 37.7 Å². The van der Waals surface area contributed by atoms with Gasteiger partial charge in [0.15, 0.2) is 0 Å². The SMILES string of the molecule is O=[N+]([O-])c1ccc(Cl)c(CNC2CCCCCC2O)c1. The lowest BCUT2D eigenvalue weighted by Gasteiger charge is -2.22. The third-order valence-corrected chi connectivity index (χ3v) is 4.14. The minimum atomic E-state index is -0.430. The van der Waals surface area contributed by atoms with Gasteiger partial charge in [-0.2, -0.15) is 0 Å². The first-order chi connectivity index (χ1) is 9.58. The molecule has 0 radical (unpaired) electrons. The Kier molecular flexibility index (Phi) is 5.34. The van der Waals surface area contributed by atoms with Crippen LogP contribution in [0.2, 0.25) is 5.02 Å². The van der Waals surface area contributed by atoms with E-state index in [9.17, 15) is 15.2 Å². The van der Waals surface area contributed by atoms with E-state index in [-0.39, 0.29) is 17.8 Å². The van der Waals surface area contributed by atoms with Crippen LogP contribution < -0.4 is 5.32 Å². The van der Waals surface area contributed by atoms with Crippen molar-refractivity contribution < 1.29 is 10.0 Å². The molecule has 2 unspecified atom stereocenters. The first-order valence-electron chi connectivity index (χ1n) is 6.92. The Hall–Kier alpha value is -1.17. The van der Waals surface area contributed by atoms with Crippen molar-refractivity contribution in [3.8, 4) is 0 Å². The topological polar surface area (TPSA) is 75.4 Å². The Bertz CT molecular complexity index is 481. The molecule has 1 fully saturated rings. The Morgan fingerprint density at radius 1 is 1.35 bits per heavy atom. The molecule has 0 bridgehead atoms. The zero-order chi connectivity index (χ0) is 14.5. The van der Waals surface area contributed by atoms with E-state index in [1.165, 1.54) is 12.1 Å². The zero-order valence-corrected chi connectivity index (χ0v) is 12.0. The van der Waals surface area contributed by atoms with Crippen molar-refractivity contribution in [2.24, 2.45) is 0 Å². The van der Waals surface area contributed by atoms with Crippen LogP contribution in [0.4, 0.5) is 5.69 Å². The number of hydrogen-bond donors (Lipinski definition) is 2. The minimum Gasteiger partial charge on any atom is -0.392 e. The summed E-state index contributed by atoms with van der Waals surface area (Å²) in [5.41, 5.74) is 0.727. The van der Waals surface area contributed by atoms with Gasteiger partial charge in [0.25, 0.3) is 5.69 Å². The van der Waals surface area contributed by atoms with E-state index in [4.69, 9.17) is 11.6 Å². The van der Waals surface area contributed by atoms with Crippen molar-refractivity contribution >= 4 is 17.3 Å². The van der Waals surface area contributed by atoms with Gasteiger partial charge in [-0.3, -0.25) is 10.1 Å². The first kappa shape index (κ1) is 15.2. The van der Waals surface area contributed by atoms with Crippen molar-refractivity contribution in [2.45, 2.75) is 50.8 Å². The first-order valence-corrected chi connectivity index (χ1v) is 7.30. The predicted molar refractivity (Wildman–Crippen MR) is 77.8 cm³/mol. The fraction of sp³-hybridized carbons (Fsp3) is 0.571. The number of nitro groups is 1. The Balaban J connectivity index is 2.02. The van der Waals surface area contributed by atoms with Crippen molar-refractivity contribution in [2.75, 3.05) is 0 Å². The molecule has 0 aromatic heterocycles. The Morgan fingerprint density at radius 2 is 2.10 bits per heavy atom. The summed E-state index contributed by atoms with van der Waals surface area (Å²) in [6.45, 7) is 0.433. The molecular formula is C14H19ClN2O3. The highest BCUT2D eigenvalue weighted by Crippen LogP contribution is 2.23. The number of nitrogens with zero attached hydrogens (tertiary/aromatic N) is 1. The molecule has 0 aliphatic heterocycles. The Morgan fingerprint density at radius 3 is 2.85 bits per heavy atom. The van der Waals surface area contributed by atoms with Gasteiger partial charge in [0, 0.05) is 29.7 Å². The zero-order valence-electron chi connectivity index (χ0n) is 11.2. The highest BCUT2D eigenvalue weighted by atomic mass is 35.5. The molecule has 6 heteroatoms. The van der Waals surface area contributed by atoms with E-state index in [0.717, 1.165) is 32.1 Å². The van der Waals surface area contributed by atoms with Crippen LogP contribution in [0.15, 0.2) is 18.2 Å². The van der Waals surface area contributed by atoms with Crippen LogP contribution in [0.25, 0.3) is 0 Å². The van der Waals surface area contributed by atoms with Gasteiger partial charge in [-0.05, 0) is 24.5 Å². The second-order valence-corrected chi connectivity index (χ2v) is 5.63. The molecule has 1 saturated carbocycles. The largest absolute Gasteiger partial charge is 0.392 e. The molecule has 1 aliphatic carbocycles. The molecule has 1 aliphatic rings. The molecule has 0 saturated heterocycles. The van der Waals surface area contributed by atoms with Crippen LogP contribution in [-0.4, -0.2) is 22.2 Å². The highest BCUT2D eigenvalue weighted by Gasteiger charge is 2.21. The number of benzene rings is 1. The van der Waals surface area contributed by atoms with Crippen LogP contribution in [-0.2, 0) is 6.54 Å². The molecule has 2 rings (SSSR count). The number of rotatable bonds is 4. The van der Waals surface area contributed by atoms with Crippen LogP contribution in [0, 0.1) is 10.1 Å². The van der Waals surface area contributed by atoms with Gasteiger partial charge in [-0.1, -0.05) is 30.9 Å². The van der Waals surface area contributed by atoms with E-state index in [0.29, 0.717) is 17.1 Å². The number of aliphatic hydroxyl groups is 1. The van der Waals surface area contributed by atoms with Gasteiger partial charge in [0.2, 0.25) is 0 Å². The van der Waals surface area contributed by atoms with E-state index in [2.05, 4.69) is 5.32 Å². The predicted octanol–water partition coefficient (Wildman–Crippen LogP) is 3.03. The standard InChI is InChI=1S/C14H19ClN2O3/c15-12-7-6-11(17(19)20)8-10(12)9-16-13-4-2-1-3-5-14(13)18/h6-8,13-14,16,18H,1-5,9H2. The number of aliphatic hydroxyl groups excluding tert-OH is 1. The fourth-order valence-electron chi connectivity index (χ4n) is 2.58. The van der Waals surface area contributed by atoms with Gasteiger partial charge >= 0.3 is 0 Å². The number of halogens is 1. The summed E-state index contributed by atoms with van der Waals surface area (Å²) in [6.07, 6.45) is 4.67. The van der Waals surface area contributed by atoms with Crippen LogP contribution in [0.3, 0.4) is 0 Å². The van der Waals surface area contributed by atoms with Crippen molar-refractivity contribution in [3.63, 3.8) is 0 Å². The highest BCUT2D eigenvalue weighted by molar-refractivity contribution is 6.31. The van der Waals surface area contributed by atoms with E-state index in [1.54, 1.807) is 6.07 Å². The average molecular weight is 299 g/mol. The number of hydrogen-bond acceptors (Lipinski definition) is 4. The Labute approximate surface area is 123 Å². The van der Waals surface area contributed by atoms with Gasteiger partial charge in [-0.25, -0.2) is 0 Å². The summed E-state index contributed by atoms with van der Waals surface area (Å²) in [7, 11) is 0. The maximum atomic E-state index is 10.8. The second kappa shape index (κ2) is 7.02. The monoisotopic (exact) mass is 298 g/mol. The molecule has 20 heavy (non-hydrogen) atoms. The van der Waals surface area contributed by atoms with Crippen LogP contribution in [0.5, 0.6) is 0 Å². The summed E-state index contributed by atoms with van der Waals surface area (Å²) >= 11 is 6.06. The normalized spacial score (nSPS) is 23.3. The van der Waals surface area contributed by atoms with Crippen LogP contribution >= 0.6 is 11.6 Å². The summed E-state index contributed by atoms with van der Waals surface area (Å²) in [5, 5.41) is 24.6. The van der Waals surface area contributed by atoms with Gasteiger partial charge in [-0.15, -0.1) is 0 Å². The summed E-state index contributed by atoms with van der Waals surface area (Å²) < 4.78 is 0. The van der Waals surface area contributed by atoms with Gasteiger partial charge in [0.05, 0.1) is 11.0 Å².